The van der Waals surface area contributed by atoms with Crippen LogP contribution in [0.3, 0.4) is 0 Å². The molecule has 1 saturated heterocycles. The van der Waals surface area contributed by atoms with Gasteiger partial charge in [0.2, 0.25) is 0 Å². The van der Waals surface area contributed by atoms with Gasteiger partial charge >= 0.3 is 6.09 Å². The first-order valence-corrected chi connectivity index (χ1v) is 8.41. The summed E-state index contributed by atoms with van der Waals surface area (Å²) in [7, 11) is 0. The summed E-state index contributed by atoms with van der Waals surface area (Å²) in [4.78, 5) is 15.9. The molecule has 1 aromatic carbocycles. The fraction of sp³-hybridized carbons (Fsp3) is 0.500. The van der Waals surface area contributed by atoms with Crippen molar-refractivity contribution in [1.29, 1.82) is 0 Å². The van der Waals surface area contributed by atoms with E-state index in [-0.39, 0.29) is 6.09 Å². The largest absolute Gasteiger partial charge is 0.487 e. The molecule has 6 heteroatoms. The third-order valence-corrected chi connectivity index (χ3v) is 3.85. The lowest BCUT2D eigenvalue weighted by atomic mass is 10.2. The maximum absolute atomic E-state index is 12.1. The Bertz CT molecular complexity index is 573. The van der Waals surface area contributed by atoms with Crippen LogP contribution in [-0.4, -0.2) is 54.3 Å². The topological polar surface area (TPSA) is 42.0 Å². The number of piperazine rings is 1. The van der Waals surface area contributed by atoms with Crippen molar-refractivity contribution in [3.05, 3.63) is 41.6 Å². The zero-order valence-electron chi connectivity index (χ0n) is 14.5. The molecule has 0 N–H and O–H groups in total. The van der Waals surface area contributed by atoms with Crippen molar-refractivity contribution >= 4 is 17.7 Å². The van der Waals surface area contributed by atoms with Gasteiger partial charge in [0.05, 0.1) is 0 Å². The Balaban J connectivity index is 1.76. The van der Waals surface area contributed by atoms with Crippen LogP contribution in [0, 0.1) is 0 Å². The second-order valence-electron chi connectivity index (χ2n) is 6.76. The van der Waals surface area contributed by atoms with E-state index < -0.39 is 5.60 Å². The number of hydrogen-bond donors (Lipinski definition) is 0. The Morgan fingerprint density at radius 3 is 2.21 bits per heavy atom. The summed E-state index contributed by atoms with van der Waals surface area (Å²) < 4.78 is 11.1. The number of ether oxygens (including phenoxy) is 2. The summed E-state index contributed by atoms with van der Waals surface area (Å²) in [5, 5.41) is 0.680. The third kappa shape index (κ3) is 5.64. The van der Waals surface area contributed by atoms with Crippen molar-refractivity contribution in [3.8, 4) is 5.75 Å². The maximum atomic E-state index is 12.1. The van der Waals surface area contributed by atoms with Gasteiger partial charge < -0.3 is 19.3 Å². The molecule has 1 aliphatic heterocycles. The molecule has 0 bridgehead atoms. The summed E-state index contributed by atoms with van der Waals surface area (Å²) >= 11 is 5.85. The SMILES string of the molecule is C=C(COc1ccc(Cl)cc1)N1CCN(C(=O)OC(C)(C)C)CC1. The highest BCUT2D eigenvalue weighted by Gasteiger charge is 2.26. The fourth-order valence-electron chi connectivity index (χ4n) is 2.32. The number of nitrogens with zero attached hydrogens (tertiary/aromatic N) is 2. The average Bonchev–Trinajstić information content (AvgIpc) is 2.52. The van der Waals surface area contributed by atoms with Gasteiger partial charge in [-0.2, -0.15) is 0 Å². The minimum Gasteiger partial charge on any atom is -0.487 e. The Labute approximate surface area is 148 Å². The van der Waals surface area contributed by atoms with Gasteiger partial charge in [-0.3, -0.25) is 0 Å². The minimum absolute atomic E-state index is 0.259. The molecule has 2 rings (SSSR count). The Morgan fingerprint density at radius 2 is 1.67 bits per heavy atom. The summed E-state index contributed by atoms with van der Waals surface area (Å²) in [6, 6.07) is 7.24. The lowest BCUT2D eigenvalue weighted by Crippen LogP contribution is -2.49. The van der Waals surface area contributed by atoms with Crippen LogP contribution in [0.5, 0.6) is 5.75 Å². The molecule has 0 spiro atoms. The molecule has 1 aromatic rings. The first-order chi connectivity index (χ1) is 11.2. The Kier molecular flexibility index (Phi) is 5.99. The van der Waals surface area contributed by atoms with E-state index in [0.717, 1.165) is 24.5 Å². The molecule has 1 fully saturated rings. The molecule has 0 radical (unpaired) electrons. The van der Waals surface area contributed by atoms with Crippen LogP contribution >= 0.6 is 11.6 Å². The predicted molar refractivity (Wildman–Crippen MR) is 95.5 cm³/mol. The molecule has 1 heterocycles. The van der Waals surface area contributed by atoms with E-state index in [1.54, 1.807) is 17.0 Å². The Hall–Kier alpha value is -1.88. The zero-order valence-corrected chi connectivity index (χ0v) is 15.3. The fourth-order valence-corrected chi connectivity index (χ4v) is 2.45. The second kappa shape index (κ2) is 7.79. The lowest BCUT2D eigenvalue weighted by molar-refractivity contribution is 0.0164. The lowest BCUT2D eigenvalue weighted by Gasteiger charge is -2.37. The molecular weight excluding hydrogens is 328 g/mol. The van der Waals surface area contributed by atoms with Crippen molar-refractivity contribution in [2.45, 2.75) is 26.4 Å². The van der Waals surface area contributed by atoms with E-state index in [2.05, 4.69) is 11.5 Å². The molecule has 24 heavy (non-hydrogen) atoms. The van der Waals surface area contributed by atoms with Gasteiger partial charge in [-0.05, 0) is 45.0 Å². The van der Waals surface area contributed by atoms with E-state index in [9.17, 15) is 4.79 Å². The monoisotopic (exact) mass is 352 g/mol. The van der Waals surface area contributed by atoms with E-state index in [1.165, 1.54) is 0 Å². The van der Waals surface area contributed by atoms with Gasteiger partial charge in [0, 0.05) is 36.9 Å². The molecule has 0 atom stereocenters. The van der Waals surface area contributed by atoms with Gasteiger partial charge in [0.1, 0.15) is 18.0 Å². The highest BCUT2D eigenvalue weighted by molar-refractivity contribution is 6.30. The minimum atomic E-state index is -0.468. The van der Waals surface area contributed by atoms with Crippen LogP contribution in [0.4, 0.5) is 4.79 Å². The van der Waals surface area contributed by atoms with Gasteiger partial charge in [-0.1, -0.05) is 18.2 Å². The molecule has 0 aromatic heterocycles. The molecule has 0 aliphatic carbocycles. The predicted octanol–water partition coefficient (Wildman–Crippen LogP) is 3.79. The normalized spacial score (nSPS) is 15.2. The number of carbonyl (C=O) groups is 1. The highest BCUT2D eigenvalue weighted by atomic mass is 35.5. The molecule has 0 saturated carbocycles. The molecular formula is C18H25ClN2O3. The van der Waals surface area contributed by atoms with Crippen molar-refractivity contribution in [1.82, 2.24) is 9.80 Å². The van der Waals surface area contributed by atoms with Crippen molar-refractivity contribution in [2.75, 3.05) is 32.8 Å². The van der Waals surface area contributed by atoms with E-state index in [4.69, 9.17) is 21.1 Å². The summed E-state index contributed by atoms with van der Waals surface area (Å²) in [5.41, 5.74) is 0.429. The van der Waals surface area contributed by atoms with Crippen molar-refractivity contribution < 1.29 is 14.3 Å². The van der Waals surface area contributed by atoms with Crippen molar-refractivity contribution in [2.24, 2.45) is 0 Å². The second-order valence-corrected chi connectivity index (χ2v) is 7.20. The molecule has 132 valence electrons. The number of benzene rings is 1. The van der Waals surface area contributed by atoms with Gasteiger partial charge in [0.15, 0.2) is 0 Å². The third-order valence-electron chi connectivity index (χ3n) is 3.60. The summed E-state index contributed by atoms with van der Waals surface area (Å²) in [6.07, 6.45) is -0.259. The number of hydrogen-bond acceptors (Lipinski definition) is 4. The molecule has 0 unspecified atom stereocenters. The zero-order chi connectivity index (χ0) is 17.7. The average molecular weight is 353 g/mol. The number of rotatable bonds is 4. The van der Waals surface area contributed by atoms with Crippen molar-refractivity contribution in [3.63, 3.8) is 0 Å². The molecule has 5 nitrogen and oxygen atoms in total. The Morgan fingerprint density at radius 1 is 1.12 bits per heavy atom. The van der Waals surface area contributed by atoms with Crippen LogP contribution in [0.2, 0.25) is 5.02 Å². The highest BCUT2D eigenvalue weighted by Crippen LogP contribution is 2.17. The van der Waals surface area contributed by atoms with Gasteiger partial charge in [0.25, 0.3) is 0 Å². The number of carbonyl (C=O) groups excluding carboxylic acids is 1. The summed E-state index contributed by atoms with van der Waals surface area (Å²) in [5.74, 6) is 0.757. The first-order valence-electron chi connectivity index (χ1n) is 8.03. The molecule has 1 aliphatic rings. The van der Waals surface area contributed by atoms with Crippen LogP contribution in [0.25, 0.3) is 0 Å². The quantitative estimate of drug-likeness (QED) is 0.826. The number of halogens is 1. The van der Waals surface area contributed by atoms with Crippen LogP contribution in [-0.2, 0) is 4.74 Å². The van der Waals surface area contributed by atoms with Crippen LogP contribution in [0.15, 0.2) is 36.5 Å². The van der Waals surface area contributed by atoms with Gasteiger partial charge in [-0.25, -0.2) is 4.79 Å². The maximum Gasteiger partial charge on any atom is 0.410 e. The van der Waals surface area contributed by atoms with Crippen LogP contribution < -0.4 is 4.74 Å². The first kappa shape index (κ1) is 18.5. The van der Waals surface area contributed by atoms with E-state index in [1.807, 2.05) is 32.9 Å². The molecule has 1 amide bonds. The number of amides is 1. The smallest absolute Gasteiger partial charge is 0.410 e. The summed E-state index contributed by atoms with van der Waals surface area (Å²) in [6.45, 7) is 12.8. The standard InChI is InChI=1S/C18H25ClN2O3/c1-14(13-23-16-7-5-15(19)6-8-16)20-9-11-21(12-10-20)17(22)24-18(2,3)4/h5-8H,1,9-13H2,2-4H3. The van der Waals surface area contributed by atoms with Gasteiger partial charge in [-0.15, -0.1) is 0 Å². The van der Waals surface area contributed by atoms with Crippen LogP contribution in [0.1, 0.15) is 20.8 Å². The van der Waals surface area contributed by atoms with E-state index in [0.29, 0.717) is 24.7 Å². The van der Waals surface area contributed by atoms with E-state index >= 15 is 0 Å².